The van der Waals surface area contributed by atoms with E-state index in [1.165, 1.54) is 18.2 Å². The number of hydrogen-bond acceptors (Lipinski definition) is 6. The first-order chi connectivity index (χ1) is 15.0. The quantitative estimate of drug-likeness (QED) is 0.675. The molecular formula is C22H19FN6O2. The van der Waals surface area contributed by atoms with Gasteiger partial charge >= 0.3 is 0 Å². The van der Waals surface area contributed by atoms with Gasteiger partial charge in [0.1, 0.15) is 5.82 Å². The molecule has 0 spiro atoms. The average molecular weight is 418 g/mol. The van der Waals surface area contributed by atoms with Gasteiger partial charge in [0.25, 0.3) is 5.91 Å². The van der Waals surface area contributed by atoms with E-state index in [1.54, 1.807) is 16.9 Å². The summed E-state index contributed by atoms with van der Waals surface area (Å²) in [5.41, 5.74) is 1.84. The number of carbonyl (C=O) groups excluding carboxylic acids is 1. The second kappa shape index (κ2) is 7.18. The van der Waals surface area contributed by atoms with Crippen LogP contribution in [0.5, 0.6) is 0 Å². The minimum atomic E-state index is -0.559. The van der Waals surface area contributed by atoms with Crippen LogP contribution in [0.3, 0.4) is 0 Å². The number of nitriles is 1. The zero-order chi connectivity index (χ0) is 21.7. The van der Waals surface area contributed by atoms with Crippen LogP contribution in [0.4, 0.5) is 10.2 Å². The van der Waals surface area contributed by atoms with Crippen molar-refractivity contribution < 1.29 is 14.3 Å². The summed E-state index contributed by atoms with van der Waals surface area (Å²) >= 11 is 0. The van der Waals surface area contributed by atoms with Crippen molar-refractivity contribution in [3.63, 3.8) is 0 Å². The molecule has 0 radical (unpaired) electrons. The molecule has 2 aliphatic rings. The monoisotopic (exact) mass is 418 g/mol. The lowest BCUT2D eigenvalue weighted by molar-refractivity contribution is 0.0965. The van der Waals surface area contributed by atoms with E-state index in [-0.39, 0.29) is 35.3 Å². The first kappa shape index (κ1) is 19.2. The van der Waals surface area contributed by atoms with Gasteiger partial charge in [-0.1, -0.05) is 6.07 Å². The fourth-order valence-corrected chi connectivity index (χ4v) is 4.25. The van der Waals surface area contributed by atoms with Gasteiger partial charge in [-0.3, -0.25) is 4.79 Å². The normalized spacial score (nSPS) is 19.9. The van der Waals surface area contributed by atoms with Gasteiger partial charge in [-0.2, -0.15) is 10.4 Å². The summed E-state index contributed by atoms with van der Waals surface area (Å²) in [7, 11) is 0. The van der Waals surface area contributed by atoms with E-state index < -0.39 is 11.9 Å². The van der Waals surface area contributed by atoms with Crippen LogP contribution in [0, 0.1) is 17.1 Å². The Labute approximate surface area is 177 Å². The number of aliphatic hydroxyl groups excluding tert-OH is 1. The number of nitrogens with one attached hydrogen (secondary N) is 1. The molecule has 0 unspecified atom stereocenters. The summed E-state index contributed by atoms with van der Waals surface area (Å²) in [5, 5.41) is 26.9. The van der Waals surface area contributed by atoms with Crippen molar-refractivity contribution >= 4 is 11.7 Å². The number of pyridine rings is 1. The molecule has 0 aliphatic carbocycles. The van der Waals surface area contributed by atoms with E-state index in [4.69, 9.17) is 0 Å². The Hall–Kier alpha value is -3.77. The number of fused-ring (bicyclic) bond motifs is 1. The predicted molar refractivity (Wildman–Crippen MR) is 110 cm³/mol. The topological polar surface area (TPSA) is 107 Å². The van der Waals surface area contributed by atoms with Gasteiger partial charge in [-0.15, -0.1) is 0 Å². The summed E-state index contributed by atoms with van der Waals surface area (Å²) in [5.74, 6) is -0.158. The highest BCUT2D eigenvalue weighted by Gasteiger charge is 2.32. The zero-order valence-corrected chi connectivity index (χ0v) is 16.7. The minimum absolute atomic E-state index is 0.0676. The van der Waals surface area contributed by atoms with Crippen molar-refractivity contribution in [1.29, 1.82) is 5.26 Å². The smallest absolute Gasteiger partial charge is 0.255 e. The molecule has 4 heterocycles. The second-order valence-corrected chi connectivity index (χ2v) is 7.71. The van der Waals surface area contributed by atoms with Crippen molar-refractivity contribution in [3.05, 3.63) is 59.2 Å². The molecule has 8 nitrogen and oxygen atoms in total. The summed E-state index contributed by atoms with van der Waals surface area (Å²) < 4.78 is 16.2. The Bertz CT molecular complexity index is 1250. The Morgan fingerprint density at radius 2 is 2.16 bits per heavy atom. The van der Waals surface area contributed by atoms with E-state index in [1.807, 2.05) is 24.0 Å². The van der Waals surface area contributed by atoms with Gasteiger partial charge in [0.2, 0.25) is 0 Å². The Morgan fingerprint density at radius 1 is 1.32 bits per heavy atom. The standard InChI is InChI=1S/C22H19FN6O2/c1-12-18(30)5-7-28(12)19-6-8-29(27-19)17-9-15(26-16-11-25-22(31)21(16)17)20-13(10-24)3-2-4-14(20)23/h2-4,6,8-9,12,18,30H,5,7,11H2,1H3,(H,25,31)/t12-,18+/m0/s1. The lowest BCUT2D eigenvalue weighted by Gasteiger charge is -2.22. The van der Waals surface area contributed by atoms with E-state index in [0.29, 0.717) is 35.7 Å². The third-order valence-corrected chi connectivity index (χ3v) is 5.94. The van der Waals surface area contributed by atoms with E-state index in [2.05, 4.69) is 15.4 Å². The van der Waals surface area contributed by atoms with Gasteiger partial charge in [-0.05, 0) is 31.5 Å². The lowest BCUT2D eigenvalue weighted by atomic mass is 10.0. The highest BCUT2D eigenvalue weighted by Crippen LogP contribution is 2.32. The molecule has 9 heteroatoms. The molecule has 1 saturated heterocycles. The van der Waals surface area contributed by atoms with Crippen LogP contribution in [-0.4, -0.2) is 44.5 Å². The SMILES string of the molecule is C[C@H]1[C@H](O)CCN1c1ccn(-c2cc(-c3c(F)cccc3C#N)nc3c2C(=O)NC3)n1. The number of benzene rings is 1. The van der Waals surface area contributed by atoms with Gasteiger partial charge in [0.15, 0.2) is 5.82 Å². The van der Waals surface area contributed by atoms with Crippen molar-refractivity contribution in [3.8, 4) is 23.0 Å². The molecule has 2 aliphatic heterocycles. The van der Waals surface area contributed by atoms with Crippen LogP contribution < -0.4 is 10.2 Å². The highest BCUT2D eigenvalue weighted by molar-refractivity contribution is 6.01. The van der Waals surface area contributed by atoms with E-state index in [0.717, 1.165) is 0 Å². The van der Waals surface area contributed by atoms with Crippen LogP contribution in [0.2, 0.25) is 0 Å². The minimum Gasteiger partial charge on any atom is -0.391 e. The number of carbonyl (C=O) groups is 1. The zero-order valence-electron chi connectivity index (χ0n) is 16.7. The maximum absolute atomic E-state index is 14.6. The summed E-state index contributed by atoms with van der Waals surface area (Å²) in [6, 6.07) is 9.62. The number of hydrogen-bond donors (Lipinski definition) is 2. The second-order valence-electron chi connectivity index (χ2n) is 7.71. The number of halogens is 1. The molecular weight excluding hydrogens is 399 g/mol. The van der Waals surface area contributed by atoms with Gasteiger partial charge < -0.3 is 15.3 Å². The first-order valence-electron chi connectivity index (χ1n) is 9.99. The van der Waals surface area contributed by atoms with E-state index >= 15 is 0 Å². The molecule has 5 rings (SSSR count). The fraction of sp³-hybridized carbons (Fsp3) is 0.273. The van der Waals surface area contributed by atoms with Crippen LogP contribution in [0.1, 0.15) is 35.0 Å². The number of aromatic nitrogens is 3. The van der Waals surface area contributed by atoms with E-state index in [9.17, 15) is 19.6 Å². The molecule has 1 amide bonds. The number of rotatable bonds is 3. The van der Waals surface area contributed by atoms with Crippen molar-refractivity contribution in [1.82, 2.24) is 20.1 Å². The highest BCUT2D eigenvalue weighted by atomic mass is 19.1. The van der Waals surface area contributed by atoms with Crippen molar-refractivity contribution in [2.45, 2.75) is 32.0 Å². The maximum atomic E-state index is 14.6. The Morgan fingerprint density at radius 3 is 2.90 bits per heavy atom. The van der Waals surface area contributed by atoms with Crippen LogP contribution in [0.25, 0.3) is 16.9 Å². The molecule has 2 atom stereocenters. The van der Waals surface area contributed by atoms with Crippen molar-refractivity contribution in [2.24, 2.45) is 0 Å². The average Bonchev–Trinajstić information content (AvgIpc) is 3.47. The lowest BCUT2D eigenvalue weighted by Crippen LogP contribution is -2.32. The molecule has 2 N–H and O–H groups in total. The number of aliphatic hydroxyl groups is 1. The number of anilines is 1. The van der Waals surface area contributed by atoms with Crippen LogP contribution >= 0.6 is 0 Å². The molecule has 156 valence electrons. The van der Waals surface area contributed by atoms with Crippen LogP contribution in [-0.2, 0) is 6.54 Å². The Kier molecular flexibility index (Phi) is 4.45. The summed E-state index contributed by atoms with van der Waals surface area (Å²) in [4.78, 5) is 19.0. The van der Waals surface area contributed by atoms with Gasteiger partial charge in [0.05, 0.1) is 58.5 Å². The van der Waals surface area contributed by atoms with Gasteiger partial charge in [0, 0.05) is 18.8 Å². The molecule has 0 bridgehead atoms. The molecule has 3 aromatic rings. The molecule has 1 fully saturated rings. The predicted octanol–water partition coefficient (Wildman–Crippen LogP) is 2.15. The van der Waals surface area contributed by atoms with Crippen LogP contribution in [0.15, 0.2) is 36.5 Å². The largest absolute Gasteiger partial charge is 0.391 e. The molecule has 2 aromatic heterocycles. The summed E-state index contributed by atoms with van der Waals surface area (Å²) in [6.45, 7) is 2.84. The first-order valence-corrected chi connectivity index (χ1v) is 9.99. The maximum Gasteiger partial charge on any atom is 0.255 e. The van der Waals surface area contributed by atoms with Crippen molar-refractivity contribution in [2.75, 3.05) is 11.4 Å². The molecule has 1 aromatic carbocycles. The summed E-state index contributed by atoms with van der Waals surface area (Å²) in [6.07, 6.45) is 1.97. The molecule has 0 saturated carbocycles. The Balaban J connectivity index is 1.65. The fourth-order valence-electron chi connectivity index (χ4n) is 4.25. The number of amides is 1. The van der Waals surface area contributed by atoms with Gasteiger partial charge in [-0.25, -0.2) is 14.1 Å². The third-order valence-electron chi connectivity index (χ3n) is 5.94. The number of nitrogens with zero attached hydrogens (tertiary/aromatic N) is 5. The third kappa shape index (κ3) is 3.04. The molecule has 31 heavy (non-hydrogen) atoms.